The van der Waals surface area contributed by atoms with Gasteiger partial charge < -0.3 is 81.7 Å². The van der Waals surface area contributed by atoms with Gasteiger partial charge in [0.15, 0.2) is 79.0 Å². The Morgan fingerprint density at radius 2 is 0.542 bits per heavy atom. The Balaban J connectivity index is -0.000000142. The van der Waals surface area contributed by atoms with Gasteiger partial charge in [-0.15, -0.1) is 0 Å². The molecule has 12 N–H and O–H groups in total. The number of aromatic nitrogens is 10. The minimum atomic E-state index is -1.06. The Labute approximate surface area is 748 Å². The maximum atomic E-state index is 11.6. The fraction of sp³-hybridized carbons (Fsp3) is 0.0488. The first-order valence-corrected chi connectivity index (χ1v) is 31.5. The summed E-state index contributed by atoms with van der Waals surface area (Å²) in [4.78, 5) is 173. The summed E-state index contributed by atoms with van der Waals surface area (Å²) >= 11 is 0. The van der Waals surface area contributed by atoms with E-state index < -0.39 is 11.9 Å². The Kier molecular flexibility index (Phi) is 93.0. The predicted octanol–water partition coefficient (Wildman–Crippen LogP) is -10.5. The van der Waals surface area contributed by atoms with Gasteiger partial charge in [0.1, 0.15) is 30.7 Å². The second kappa shape index (κ2) is 86.9. The molecule has 10 aromatic heterocycles. The van der Waals surface area contributed by atoms with Crippen LogP contribution >= 0.6 is 0 Å². The number of Topliss-reactive ketones (excluding diaryl/α,β-unsaturated/α-hetero) is 2. The van der Waals surface area contributed by atoms with E-state index in [1.165, 1.54) is 44.3 Å². The fourth-order valence-electron chi connectivity index (χ4n) is 6.90. The molecule has 10 aromatic rings. The van der Waals surface area contributed by atoms with Crippen LogP contribution in [0.2, 0.25) is 0 Å². The van der Waals surface area contributed by atoms with Crippen LogP contribution in [-0.2, 0) is 57.5 Å². The Morgan fingerprint density at radius 1 is 0.314 bits per heavy atom. The smallest absolute Gasteiger partial charge is 1.00 e. The number of rotatable bonds is 22. The van der Waals surface area contributed by atoms with Gasteiger partial charge in [-0.25, -0.2) is 19.9 Å². The number of hydrogen-bond donors (Lipinski definition) is 2. The molecular formula is C82H80Cl4N10Na2O20. The standard InChI is InChI=1S/4C15H12N2O.2C6H5NO.2C4H6O3.2CO2.4ClH.2Na.4H2O/c2*18-15(3-1-13-5-9-16-10-6-13)4-2-14-7-11-17-12-8-14;2*18-15(7-5-13-3-1-9-16-11-13)8-6-14-4-2-10-17-12-14;8-5-6-1-3-7-4-2-6;8-5-6-2-1-3-7-4-6;2*1-3(5)2-4(6)7;2*2-1-3;;;;;;;;;;/h4*1-12H;2*1-5H;2*2H2,1H3,(H,6,7);;;4*1H;;;4*1H2/q;;;;;;;;;;;;;;2*+1;;;;/p-2/b2*3-1+,4-2+;2*7-5+,8-6+;;;;;;;;;;;;;;;;. The number of aldehydes is 2. The summed E-state index contributed by atoms with van der Waals surface area (Å²) in [6.07, 6.45) is 62.3. The van der Waals surface area contributed by atoms with Crippen LogP contribution in [0.3, 0.4) is 0 Å². The topological polar surface area (TPSA) is 536 Å². The number of H-pyrrole nitrogens is 4. The third-order valence-electron chi connectivity index (χ3n) is 11.7. The number of ketones is 6. The normalized spacial score (nSPS) is 9.03. The molecule has 0 aliphatic heterocycles. The Hall–Kier alpha value is -12.5. The monoisotopic (exact) mass is 1710 g/mol. The molecule has 36 heteroatoms. The molecule has 0 aliphatic rings. The third kappa shape index (κ3) is 76.1. The van der Waals surface area contributed by atoms with Gasteiger partial charge in [-0.3, -0.25) is 77.8 Å². The van der Waals surface area contributed by atoms with Crippen molar-refractivity contribution >= 4 is 120 Å². The van der Waals surface area contributed by atoms with Crippen LogP contribution < -0.4 is 129 Å². The predicted molar refractivity (Wildman–Crippen MR) is 407 cm³/mol. The van der Waals surface area contributed by atoms with Gasteiger partial charge >= 0.3 is 83.4 Å². The molecular weight excluding hydrogens is 1630 g/mol. The summed E-state index contributed by atoms with van der Waals surface area (Å²) in [5, 5.41) is 15.7. The number of carbonyl (C=O) groups is 10. The molecule has 0 bridgehead atoms. The molecule has 608 valence electrons. The molecule has 10 rings (SSSR count). The summed E-state index contributed by atoms with van der Waals surface area (Å²) in [5.41, 5.74) is 8.91. The van der Waals surface area contributed by atoms with E-state index in [4.69, 9.17) is 29.4 Å². The second-order valence-corrected chi connectivity index (χ2v) is 20.3. The van der Waals surface area contributed by atoms with E-state index in [0.717, 1.165) is 57.1 Å². The van der Waals surface area contributed by atoms with Crippen LogP contribution in [0.15, 0.2) is 294 Å². The van der Waals surface area contributed by atoms with Crippen molar-refractivity contribution in [2.75, 3.05) is 0 Å². The molecule has 0 aromatic carbocycles. The van der Waals surface area contributed by atoms with E-state index in [0.29, 0.717) is 11.1 Å². The van der Waals surface area contributed by atoms with Crippen LogP contribution in [0.4, 0.5) is 0 Å². The van der Waals surface area contributed by atoms with Crippen molar-refractivity contribution in [2.24, 2.45) is 0 Å². The van der Waals surface area contributed by atoms with E-state index in [1.54, 1.807) is 165 Å². The van der Waals surface area contributed by atoms with E-state index in [2.05, 4.69) is 49.8 Å². The molecule has 0 radical (unpaired) electrons. The first-order chi connectivity index (χ1) is 52.3. The number of halogens is 4. The van der Waals surface area contributed by atoms with E-state index in [9.17, 15) is 47.9 Å². The minimum Gasteiger partial charge on any atom is -1.00 e. The average molecular weight is 1710 g/mol. The quantitative estimate of drug-likeness (QED) is 0.0275. The SMILES string of the molecule is CC(=O)CC(=O)O.CC(=O)CC(=O)O.O.O.O=C(/C=C/c1cc[nH+]cc1)/C=C/c1cc[nH+]cc1.O=C(/C=C/c1ccc[nH+]c1)/C=C/c1ccc[nH+]c1.O=C(/C=C/c1cccnc1)/C=C/c1cccnc1.O=C(/C=C/c1ccncc1)/C=C/c1ccncc1.O=C=O.O=C=O.O=Cc1cccnc1.O=Cc1ccncc1.[Cl-].[Cl-].[Cl-].[Cl-].[Na+].[Na+].[OH-].[OH-]. The molecule has 0 spiro atoms. The summed E-state index contributed by atoms with van der Waals surface area (Å²) < 4.78 is 0. The number of pyridine rings is 10. The number of nitrogens with one attached hydrogen (secondary N) is 4. The van der Waals surface area contributed by atoms with Crippen molar-refractivity contribution < 1.29 is 228 Å². The molecule has 0 unspecified atom stereocenters. The summed E-state index contributed by atoms with van der Waals surface area (Å²) in [7, 11) is 0. The van der Waals surface area contributed by atoms with Crippen molar-refractivity contribution in [1.82, 2.24) is 29.9 Å². The number of carbonyl (C=O) groups excluding carboxylic acids is 12. The number of aliphatic carboxylic acids is 2. The van der Waals surface area contributed by atoms with Crippen molar-refractivity contribution in [3.63, 3.8) is 0 Å². The molecule has 0 saturated carbocycles. The molecule has 0 aliphatic carbocycles. The van der Waals surface area contributed by atoms with Crippen LogP contribution in [-0.4, -0.2) is 134 Å². The van der Waals surface area contributed by atoms with Crippen molar-refractivity contribution in [2.45, 2.75) is 26.7 Å². The van der Waals surface area contributed by atoms with Gasteiger partial charge in [0.25, 0.3) is 0 Å². The molecule has 118 heavy (non-hydrogen) atoms. The van der Waals surface area contributed by atoms with E-state index in [-0.39, 0.29) is 190 Å². The Morgan fingerprint density at radius 3 is 0.737 bits per heavy atom. The van der Waals surface area contributed by atoms with Crippen LogP contribution in [0.1, 0.15) is 91.9 Å². The number of hydrogen-bond acceptors (Lipinski definition) is 22. The zero-order chi connectivity index (χ0) is 79.3. The molecule has 0 amide bonds. The van der Waals surface area contributed by atoms with Crippen molar-refractivity contribution in [3.8, 4) is 0 Å². The largest absolute Gasteiger partial charge is 1.00 e. The number of carboxylic acids is 2. The van der Waals surface area contributed by atoms with Crippen molar-refractivity contribution in [3.05, 3.63) is 350 Å². The fourth-order valence-corrected chi connectivity index (χ4v) is 6.90. The summed E-state index contributed by atoms with van der Waals surface area (Å²) in [6, 6.07) is 36.8. The Bertz CT molecular complexity index is 3900. The maximum absolute atomic E-state index is 11.6. The number of nitrogens with zero attached hydrogens (tertiary/aromatic N) is 6. The van der Waals surface area contributed by atoms with Crippen molar-refractivity contribution in [1.29, 1.82) is 0 Å². The molecule has 10 heterocycles. The first-order valence-electron chi connectivity index (χ1n) is 31.5. The number of allylic oxidation sites excluding steroid dienone is 8. The van der Waals surface area contributed by atoms with Crippen LogP contribution in [0, 0.1) is 0 Å². The first kappa shape index (κ1) is 126. The van der Waals surface area contributed by atoms with Gasteiger partial charge in [-0.05, 0) is 193 Å². The van der Waals surface area contributed by atoms with Gasteiger partial charge in [-0.1, -0.05) is 36.4 Å². The second-order valence-electron chi connectivity index (χ2n) is 20.3. The van der Waals surface area contributed by atoms with E-state index >= 15 is 0 Å². The van der Waals surface area contributed by atoms with Crippen LogP contribution in [0.25, 0.3) is 48.6 Å². The average Bonchev–Trinajstić information content (AvgIpc) is 0.778. The number of aromatic amines is 4. The zero-order valence-electron chi connectivity index (χ0n) is 63.6. The van der Waals surface area contributed by atoms with Crippen LogP contribution in [0.5, 0.6) is 0 Å². The molecule has 0 atom stereocenters. The molecule has 0 saturated heterocycles. The summed E-state index contributed by atoms with van der Waals surface area (Å²) in [6.45, 7) is 2.49. The minimum absolute atomic E-state index is 0. The van der Waals surface area contributed by atoms with Gasteiger partial charge in [-0.2, -0.15) is 19.2 Å². The summed E-state index contributed by atoms with van der Waals surface area (Å²) in [5.74, 6) is -2.94. The molecule has 30 nitrogen and oxygen atoms in total. The molecule has 0 fully saturated rings. The van der Waals surface area contributed by atoms with Gasteiger partial charge in [0.05, 0.1) is 0 Å². The number of carboxylic acid groups (broad SMARTS) is 2. The third-order valence-corrected chi connectivity index (χ3v) is 11.7. The van der Waals surface area contributed by atoms with Gasteiger partial charge in [0.2, 0.25) is 0 Å². The van der Waals surface area contributed by atoms with E-state index in [1.807, 2.05) is 147 Å². The maximum Gasteiger partial charge on any atom is 1.00 e. The van der Waals surface area contributed by atoms with Gasteiger partial charge in [0, 0.05) is 133 Å². The zero-order valence-corrected chi connectivity index (χ0v) is 70.6.